The van der Waals surface area contributed by atoms with E-state index in [9.17, 15) is 9.59 Å². The molecule has 1 amide bonds. The Morgan fingerprint density at radius 3 is 2.12 bits per heavy atom. The van der Waals surface area contributed by atoms with E-state index in [0.717, 1.165) is 22.4 Å². The van der Waals surface area contributed by atoms with Crippen LogP contribution in [0.2, 0.25) is 0 Å². The molecule has 34 heavy (non-hydrogen) atoms. The van der Waals surface area contributed by atoms with Crippen LogP contribution in [0.1, 0.15) is 42.3 Å². The second-order valence-electron chi connectivity index (χ2n) is 7.70. The van der Waals surface area contributed by atoms with E-state index in [1.807, 2.05) is 31.2 Å². The highest BCUT2D eigenvalue weighted by Gasteiger charge is 2.39. The summed E-state index contributed by atoms with van der Waals surface area (Å²) in [6, 6.07) is 9.46. The normalized spacial score (nSPS) is 12.7. The Morgan fingerprint density at radius 2 is 1.53 bits per heavy atom. The van der Waals surface area contributed by atoms with E-state index in [2.05, 4.69) is 0 Å². The lowest BCUT2D eigenvalue weighted by Gasteiger charge is -2.18. The van der Waals surface area contributed by atoms with Crippen molar-refractivity contribution < 1.29 is 32.6 Å². The highest BCUT2D eigenvalue weighted by molar-refractivity contribution is 6.17. The minimum absolute atomic E-state index is 0.0839. The predicted molar refractivity (Wildman–Crippen MR) is 123 cm³/mol. The van der Waals surface area contributed by atoms with E-state index >= 15 is 8.78 Å². The number of carbonyl (C=O) groups excluding carboxylic acids is 2. The number of benzene rings is 3. The average molecular weight is 469 g/mol. The van der Waals surface area contributed by atoms with E-state index in [1.165, 1.54) is 0 Å². The van der Waals surface area contributed by atoms with Gasteiger partial charge in [0.2, 0.25) is 0 Å². The van der Waals surface area contributed by atoms with Crippen molar-refractivity contribution in [2.24, 2.45) is 0 Å². The highest BCUT2D eigenvalue weighted by Crippen LogP contribution is 2.46. The van der Waals surface area contributed by atoms with Crippen LogP contribution >= 0.6 is 0 Å². The molecular formula is C26H25F2NO5. The molecule has 1 aliphatic heterocycles. The molecule has 0 unspecified atom stereocenters. The summed E-state index contributed by atoms with van der Waals surface area (Å²) in [5.41, 5.74) is 0.390. The quantitative estimate of drug-likeness (QED) is 0.426. The van der Waals surface area contributed by atoms with Crippen LogP contribution < -0.4 is 14.4 Å². The van der Waals surface area contributed by atoms with E-state index in [1.54, 1.807) is 13.8 Å². The van der Waals surface area contributed by atoms with Crippen molar-refractivity contribution >= 4 is 28.3 Å². The smallest absolute Gasteiger partial charge is 0.310 e. The van der Waals surface area contributed by atoms with Crippen LogP contribution in [0, 0.1) is 11.6 Å². The Kier molecular flexibility index (Phi) is 6.68. The van der Waals surface area contributed by atoms with Gasteiger partial charge in [0.25, 0.3) is 5.91 Å². The number of nitrogens with zero attached hydrogens (tertiary/aromatic N) is 1. The number of rotatable bonds is 8. The highest BCUT2D eigenvalue weighted by atomic mass is 19.1. The summed E-state index contributed by atoms with van der Waals surface area (Å²) >= 11 is 0. The fraction of sp³-hybridized carbons (Fsp3) is 0.308. The zero-order valence-corrected chi connectivity index (χ0v) is 19.2. The molecule has 6 nitrogen and oxygen atoms in total. The van der Waals surface area contributed by atoms with Gasteiger partial charge < -0.3 is 14.2 Å². The van der Waals surface area contributed by atoms with Gasteiger partial charge in [0.05, 0.1) is 38.3 Å². The second kappa shape index (κ2) is 9.67. The van der Waals surface area contributed by atoms with Crippen LogP contribution in [0.5, 0.6) is 11.5 Å². The number of hydrogen-bond acceptors (Lipinski definition) is 5. The first-order chi connectivity index (χ1) is 16.4. The van der Waals surface area contributed by atoms with Gasteiger partial charge in [-0.3, -0.25) is 14.5 Å². The van der Waals surface area contributed by atoms with Crippen molar-refractivity contribution in [3.63, 3.8) is 0 Å². The van der Waals surface area contributed by atoms with Gasteiger partial charge in [-0.2, -0.15) is 0 Å². The van der Waals surface area contributed by atoms with Gasteiger partial charge in [-0.25, -0.2) is 8.78 Å². The van der Waals surface area contributed by atoms with Crippen LogP contribution in [-0.2, 0) is 22.5 Å². The largest absolute Gasteiger partial charge is 0.493 e. The molecule has 0 aliphatic carbocycles. The fourth-order valence-electron chi connectivity index (χ4n) is 4.31. The molecule has 0 aromatic heterocycles. The van der Waals surface area contributed by atoms with Gasteiger partial charge in [-0.05, 0) is 38.5 Å². The topological polar surface area (TPSA) is 65.1 Å². The molecule has 178 valence electrons. The Bertz CT molecular complexity index is 1250. The molecule has 0 radical (unpaired) electrons. The zero-order valence-electron chi connectivity index (χ0n) is 19.2. The summed E-state index contributed by atoms with van der Waals surface area (Å²) in [5.74, 6) is -2.20. The molecule has 1 heterocycles. The zero-order chi connectivity index (χ0) is 24.4. The van der Waals surface area contributed by atoms with Crippen molar-refractivity contribution in [2.75, 3.05) is 24.7 Å². The number of amides is 1. The molecule has 0 saturated heterocycles. The molecule has 0 spiro atoms. The van der Waals surface area contributed by atoms with Crippen molar-refractivity contribution in [1.29, 1.82) is 0 Å². The van der Waals surface area contributed by atoms with Gasteiger partial charge in [0, 0.05) is 16.3 Å². The first kappa shape index (κ1) is 23.5. The standard InChI is InChI=1S/C26H25F2NO5/c1-4-32-21(30)13-15-11-19(27)23(20(28)12-15)29-14-18-22(26(29)31)25(34-6-3)17-10-8-7-9-16(17)24(18)33-5-2/h7-12H,4-6,13-14H2,1-3H3. The van der Waals surface area contributed by atoms with Crippen molar-refractivity contribution in [3.05, 3.63) is 64.7 Å². The summed E-state index contributed by atoms with van der Waals surface area (Å²) < 4.78 is 46.8. The van der Waals surface area contributed by atoms with Crippen LogP contribution in [0.25, 0.3) is 10.8 Å². The number of hydrogen-bond donors (Lipinski definition) is 0. The summed E-state index contributed by atoms with van der Waals surface area (Å²) in [4.78, 5) is 26.3. The first-order valence-electron chi connectivity index (χ1n) is 11.2. The average Bonchev–Trinajstić information content (AvgIpc) is 3.12. The van der Waals surface area contributed by atoms with Gasteiger partial charge in [0.1, 0.15) is 28.8 Å². The van der Waals surface area contributed by atoms with E-state index in [0.29, 0.717) is 35.7 Å². The summed E-state index contributed by atoms with van der Waals surface area (Å²) in [6.45, 7) is 6.02. The molecule has 3 aromatic carbocycles. The fourth-order valence-corrected chi connectivity index (χ4v) is 4.31. The van der Waals surface area contributed by atoms with Crippen LogP contribution in [0.15, 0.2) is 36.4 Å². The number of halogens is 2. The Balaban J connectivity index is 1.83. The van der Waals surface area contributed by atoms with Crippen molar-refractivity contribution in [2.45, 2.75) is 33.7 Å². The Morgan fingerprint density at radius 1 is 0.941 bits per heavy atom. The predicted octanol–water partition coefficient (Wildman–Crippen LogP) is 5.18. The summed E-state index contributed by atoms with van der Waals surface area (Å²) in [5, 5.41) is 1.44. The third-order valence-electron chi connectivity index (χ3n) is 5.57. The number of anilines is 1. The lowest BCUT2D eigenvalue weighted by atomic mass is 9.99. The SMILES string of the molecule is CCOC(=O)Cc1cc(F)c(N2Cc3c(c(OCC)c4ccccc4c3OCC)C2=O)c(F)c1. The minimum atomic E-state index is -0.944. The van der Waals surface area contributed by atoms with Crippen LogP contribution in [0.4, 0.5) is 14.5 Å². The molecule has 0 fully saturated rings. The third kappa shape index (κ3) is 4.04. The lowest BCUT2D eigenvalue weighted by molar-refractivity contribution is -0.142. The summed E-state index contributed by atoms with van der Waals surface area (Å²) in [6.07, 6.45) is -0.273. The Labute approximate surface area is 196 Å². The first-order valence-corrected chi connectivity index (χ1v) is 11.2. The molecule has 1 aliphatic rings. The van der Waals surface area contributed by atoms with Gasteiger partial charge in [0.15, 0.2) is 0 Å². The monoisotopic (exact) mass is 469 g/mol. The van der Waals surface area contributed by atoms with Crippen LogP contribution in [0.3, 0.4) is 0 Å². The van der Waals surface area contributed by atoms with Gasteiger partial charge in [-0.15, -0.1) is 0 Å². The number of esters is 1. The van der Waals surface area contributed by atoms with E-state index in [4.69, 9.17) is 14.2 Å². The van der Waals surface area contributed by atoms with Crippen molar-refractivity contribution in [3.8, 4) is 11.5 Å². The van der Waals surface area contributed by atoms with Gasteiger partial charge in [-0.1, -0.05) is 24.3 Å². The maximum Gasteiger partial charge on any atom is 0.310 e. The second-order valence-corrected chi connectivity index (χ2v) is 7.70. The molecule has 4 rings (SSSR count). The van der Waals surface area contributed by atoms with Crippen molar-refractivity contribution in [1.82, 2.24) is 0 Å². The number of carbonyl (C=O) groups is 2. The number of fused-ring (bicyclic) bond motifs is 2. The third-order valence-corrected chi connectivity index (χ3v) is 5.57. The molecule has 8 heteroatoms. The minimum Gasteiger partial charge on any atom is -0.493 e. The maximum absolute atomic E-state index is 15.1. The molecule has 0 atom stereocenters. The van der Waals surface area contributed by atoms with Gasteiger partial charge >= 0.3 is 5.97 Å². The maximum atomic E-state index is 15.1. The molecule has 3 aromatic rings. The molecule has 0 N–H and O–H groups in total. The van der Waals surface area contributed by atoms with Crippen LogP contribution in [-0.4, -0.2) is 31.7 Å². The molecule has 0 bridgehead atoms. The van der Waals surface area contributed by atoms with E-state index < -0.39 is 29.2 Å². The van der Waals surface area contributed by atoms with E-state index in [-0.39, 0.29) is 30.7 Å². The summed E-state index contributed by atoms with van der Waals surface area (Å²) in [7, 11) is 0. The molecule has 0 saturated carbocycles. The Hall–Kier alpha value is -3.68. The lowest BCUT2D eigenvalue weighted by Crippen LogP contribution is -2.26. The molecular weight excluding hydrogens is 444 g/mol. The number of ether oxygens (including phenoxy) is 3.